The maximum Gasteiger partial charge on any atom is 0.307 e. The van der Waals surface area contributed by atoms with Crippen molar-refractivity contribution < 1.29 is 14.7 Å². The van der Waals surface area contributed by atoms with Crippen LogP contribution in [0.25, 0.3) is 0 Å². The molecule has 2 N–H and O–H groups in total. The van der Waals surface area contributed by atoms with Gasteiger partial charge in [-0.05, 0) is 6.92 Å². The summed E-state index contributed by atoms with van der Waals surface area (Å²) in [4.78, 5) is 23.9. The Morgan fingerprint density at radius 2 is 2.40 bits per heavy atom. The fourth-order valence-electron chi connectivity index (χ4n) is 1.76. The van der Waals surface area contributed by atoms with Crippen molar-refractivity contribution >= 4 is 11.9 Å². The molecule has 2 unspecified atom stereocenters. The Kier molecular flexibility index (Phi) is 4.08. The van der Waals surface area contributed by atoms with Crippen LogP contribution in [0.3, 0.4) is 0 Å². The average Bonchev–Trinajstić information content (AvgIpc) is 2.27. The van der Waals surface area contributed by atoms with Crippen LogP contribution >= 0.6 is 0 Å². The number of rotatable bonds is 3. The topological polar surface area (TPSA) is 69.6 Å². The second-order valence-corrected chi connectivity index (χ2v) is 4.22. The highest BCUT2D eigenvalue weighted by Crippen LogP contribution is 2.05. The highest BCUT2D eigenvalue weighted by Gasteiger charge is 2.22. The predicted molar refractivity (Wildman–Crippen MR) is 55.5 cm³/mol. The van der Waals surface area contributed by atoms with Crippen LogP contribution in [0.4, 0.5) is 0 Å². The van der Waals surface area contributed by atoms with Crippen LogP contribution in [0.5, 0.6) is 0 Å². The van der Waals surface area contributed by atoms with Gasteiger partial charge in [0, 0.05) is 32.1 Å². The largest absolute Gasteiger partial charge is 0.481 e. The first-order valence-corrected chi connectivity index (χ1v) is 5.23. The zero-order valence-electron chi connectivity index (χ0n) is 9.19. The summed E-state index contributed by atoms with van der Waals surface area (Å²) < 4.78 is 0. The van der Waals surface area contributed by atoms with Crippen LogP contribution in [-0.4, -0.2) is 47.6 Å². The maximum absolute atomic E-state index is 11.2. The molecule has 0 aromatic heterocycles. The van der Waals surface area contributed by atoms with E-state index in [1.807, 2.05) is 11.8 Å². The molecule has 5 nitrogen and oxygen atoms in total. The van der Waals surface area contributed by atoms with E-state index < -0.39 is 5.97 Å². The van der Waals surface area contributed by atoms with E-state index >= 15 is 0 Å². The normalized spacial score (nSPS) is 25.5. The van der Waals surface area contributed by atoms with Crippen LogP contribution in [-0.2, 0) is 9.59 Å². The lowest BCUT2D eigenvalue weighted by Gasteiger charge is -2.23. The van der Waals surface area contributed by atoms with Crippen molar-refractivity contribution in [2.75, 3.05) is 19.6 Å². The fraction of sp³-hybridized carbons (Fsp3) is 0.800. The van der Waals surface area contributed by atoms with Gasteiger partial charge in [-0.2, -0.15) is 0 Å². The van der Waals surface area contributed by atoms with Crippen molar-refractivity contribution in [1.29, 1.82) is 0 Å². The number of nitrogens with one attached hydrogen (secondary N) is 1. The molecule has 15 heavy (non-hydrogen) atoms. The Bertz CT molecular complexity index is 255. The first-order chi connectivity index (χ1) is 6.99. The van der Waals surface area contributed by atoms with Gasteiger partial charge in [0.05, 0.1) is 5.92 Å². The van der Waals surface area contributed by atoms with Gasteiger partial charge in [-0.1, -0.05) is 6.92 Å². The van der Waals surface area contributed by atoms with E-state index in [4.69, 9.17) is 5.11 Å². The standard InChI is InChI=1S/C10H18N2O3/c1-7(10(14)15)5-12-4-3-9(13)11-8(2)6-12/h7-8H,3-6H2,1-2H3,(H,11,13)(H,14,15). The molecule has 1 amide bonds. The quantitative estimate of drug-likeness (QED) is 0.689. The fourth-order valence-corrected chi connectivity index (χ4v) is 1.76. The van der Waals surface area contributed by atoms with Gasteiger partial charge in [-0.3, -0.25) is 14.5 Å². The smallest absolute Gasteiger partial charge is 0.307 e. The number of carboxylic acid groups (broad SMARTS) is 1. The monoisotopic (exact) mass is 214 g/mol. The minimum absolute atomic E-state index is 0.0491. The van der Waals surface area contributed by atoms with E-state index in [0.29, 0.717) is 19.5 Å². The number of hydrogen-bond acceptors (Lipinski definition) is 3. The van der Waals surface area contributed by atoms with Gasteiger partial charge >= 0.3 is 5.97 Å². The zero-order chi connectivity index (χ0) is 11.4. The molecule has 1 saturated heterocycles. The van der Waals surface area contributed by atoms with E-state index in [9.17, 15) is 9.59 Å². The molecule has 0 aromatic carbocycles. The number of carbonyl (C=O) groups is 2. The van der Waals surface area contributed by atoms with E-state index in [1.54, 1.807) is 6.92 Å². The third-order valence-electron chi connectivity index (χ3n) is 2.55. The van der Waals surface area contributed by atoms with Crippen molar-refractivity contribution in [3.63, 3.8) is 0 Å². The van der Waals surface area contributed by atoms with Crippen LogP contribution in [0.2, 0.25) is 0 Å². The Morgan fingerprint density at radius 1 is 1.73 bits per heavy atom. The first-order valence-electron chi connectivity index (χ1n) is 5.23. The highest BCUT2D eigenvalue weighted by atomic mass is 16.4. The van der Waals surface area contributed by atoms with Gasteiger partial charge in [0.2, 0.25) is 5.91 Å². The lowest BCUT2D eigenvalue weighted by molar-refractivity contribution is -0.141. The zero-order valence-corrected chi connectivity index (χ0v) is 9.19. The molecule has 0 radical (unpaired) electrons. The van der Waals surface area contributed by atoms with Crippen LogP contribution in [0, 0.1) is 5.92 Å². The lowest BCUT2D eigenvalue weighted by Crippen LogP contribution is -2.39. The van der Waals surface area contributed by atoms with Crippen molar-refractivity contribution in [1.82, 2.24) is 10.2 Å². The summed E-state index contributed by atoms with van der Waals surface area (Å²) in [7, 11) is 0. The van der Waals surface area contributed by atoms with E-state index in [0.717, 1.165) is 6.54 Å². The van der Waals surface area contributed by atoms with E-state index in [-0.39, 0.29) is 17.9 Å². The Labute approximate surface area is 89.4 Å². The lowest BCUT2D eigenvalue weighted by atomic mass is 10.1. The Morgan fingerprint density at radius 3 is 3.00 bits per heavy atom. The molecular weight excluding hydrogens is 196 g/mol. The van der Waals surface area contributed by atoms with E-state index in [1.165, 1.54) is 0 Å². The molecular formula is C10H18N2O3. The van der Waals surface area contributed by atoms with Gasteiger partial charge in [0.15, 0.2) is 0 Å². The summed E-state index contributed by atoms with van der Waals surface area (Å²) in [6.07, 6.45) is 0.455. The molecule has 1 rings (SSSR count). The molecule has 0 aromatic rings. The number of amides is 1. The minimum Gasteiger partial charge on any atom is -0.481 e. The molecule has 0 saturated carbocycles. The minimum atomic E-state index is -0.786. The third-order valence-corrected chi connectivity index (χ3v) is 2.55. The van der Waals surface area contributed by atoms with Crippen LogP contribution in [0.1, 0.15) is 20.3 Å². The van der Waals surface area contributed by atoms with Gasteiger partial charge in [0.1, 0.15) is 0 Å². The van der Waals surface area contributed by atoms with Crippen LogP contribution in [0.15, 0.2) is 0 Å². The number of hydrogen-bond donors (Lipinski definition) is 2. The number of carbonyl (C=O) groups excluding carboxylic acids is 1. The second-order valence-electron chi connectivity index (χ2n) is 4.22. The predicted octanol–water partition coefficient (Wildman–Crippen LogP) is -0.0825. The molecule has 86 valence electrons. The molecule has 5 heteroatoms. The molecule has 1 aliphatic heterocycles. The Balaban J connectivity index is 2.47. The summed E-state index contributed by atoms with van der Waals surface area (Å²) >= 11 is 0. The Hall–Kier alpha value is -1.10. The number of carboxylic acids is 1. The third kappa shape index (κ3) is 3.87. The molecule has 2 atom stereocenters. The summed E-state index contributed by atoms with van der Waals surface area (Å²) in [5.41, 5.74) is 0. The average molecular weight is 214 g/mol. The van der Waals surface area contributed by atoms with Gasteiger partial charge in [0.25, 0.3) is 0 Å². The highest BCUT2D eigenvalue weighted by molar-refractivity contribution is 5.76. The van der Waals surface area contributed by atoms with Crippen molar-refractivity contribution in [2.45, 2.75) is 26.3 Å². The summed E-state index contributed by atoms with van der Waals surface area (Å²) in [6, 6.07) is 0.0981. The van der Waals surface area contributed by atoms with Crippen molar-refractivity contribution in [3.8, 4) is 0 Å². The summed E-state index contributed by atoms with van der Waals surface area (Å²) in [6.45, 7) is 5.50. The molecule has 0 spiro atoms. The van der Waals surface area contributed by atoms with Gasteiger partial charge in [-0.15, -0.1) is 0 Å². The number of aliphatic carboxylic acids is 1. The second kappa shape index (κ2) is 5.11. The van der Waals surface area contributed by atoms with Gasteiger partial charge in [-0.25, -0.2) is 0 Å². The van der Waals surface area contributed by atoms with Gasteiger partial charge < -0.3 is 10.4 Å². The number of nitrogens with zero attached hydrogens (tertiary/aromatic N) is 1. The van der Waals surface area contributed by atoms with Crippen molar-refractivity contribution in [3.05, 3.63) is 0 Å². The molecule has 0 aliphatic carbocycles. The molecule has 1 aliphatic rings. The van der Waals surface area contributed by atoms with E-state index in [2.05, 4.69) is 5.32 Å². The van der Waals surface area contributed by atoms with Crippen LogP contribution < -0.4 is 5.32 Å². The maximum atomic E-state index is 11.2. The van der Waals surface area contributed by atoms with Crippen molar-refractivity contribution in [2.24, 2.45) is 5.92 Å². The first kappa shape index (κ1) is 12.0. The molecule has 0 bridgehead atoms. The summed E-state index contributed by atoms with van der Waals surface area (Å²) in [5, 5.41) is 11.6. The molecule has 1 heterocycles. The molecule has 1 fully saturated rings. The SMILES string of the molecule is CC1CN(CC(C)C(=O)O)CCC(=O)N1. The summed E-state index contributed by atoms with van der Waals surface area (Å²) in [5.74, 6) is -1.12.